The van der Waals surface area contributed by atoms with Crippen LogP contribution in [0, 0.1) is 0 Å². The van der Waals surface area contributed by atoms with Crippen molar-refractivity contribution in [2.75, 3.05) is 0 Å². The van der Waals surface area contributed by atoms with Crippen molar-refractivity contribution in [2.24, 2.45) is 0 Å². The summed E-state index contributed by atoms with van der Waals surface area (Å²) in [6, 6.07) is 16.9. The lowest BCUT2D eigenvalue weighted by molar-refractivity contribution is 0.624. The fraction of sp³-hybridized carbons (Fsp3) is 0.286. The van der Waals surface area contributed by atoms with Crippen LogP contribution in [0.2, 0.25) is 5.02 Å². The Morgan fingerprint density at radius 1 is 1.12 bits per heavy atom. The summed E-state index contributed by atoms with van der Waals surface area (Å²) in [4.78, 5) is 5.58. The Balaban J connectivity index is 1.71. The second-order valence-electron chi connectivity index (χ2n) is 6.13. The lowest BCUT2D eigenvalue weighted by atomic mass is 10.1. The van der Waals surface area contributed by atoms with E-state index >= 15 is 0 Å². The highest BCUT2D eigenvalue weighted by Crippen LogP contribution is 2.31. The van der Waals surface area contributed by atoms with Gasteiger partial charge in [-0.1, -0.05) is 48.9 Å². The third-order valence-electron chi connectivity index (χ3n) is 4.29. The molecule has 0 aliphatic carbocycles. The molecule has 0 spiro atoms. The first-order valence-electron chi connectivity index (χ1n) is 8.69. The van der Waals surface area contributed by atoms with Gasteiger partial charge in [0.25, 0.3) is 0 Å². The van der Waals surface area contributed by atoms with Gasteiger partial charge in [-0.15, -0.1) is 11.8 Å². The highest BCUT2D eigenvalue weighted by Gasteiger charge is 2.14. The Hall–Kier alpha value is -1.71. The van der Waals surface area contributed by atoms with Crippen LogP contribution in [0.4, 0.5) is 0 Å². The van der Waals surface area contributed by atoms with Gasteiger partial charge in [-0.3, -0.25) is 0 Å². The molecule has 2 nitrogen and oxygen atoms in total. The maximum absolute atomic E-state index is 6.00. The summed E-state index contributed by atoms with van der Waals surface area (Å²) in [7, 11) is 0. The van der Waals surface area contributed by atoms with Crippen molar-refractivity contribution in [2.45, 2.75) is 42.9 Å². The molecule has 4 heteroatoms. The highest BCUT2D eigenvalue weighted by molar-refractivity contribution is 8.00. The topological polar surface area (TPSA) is 17.8 Å². The standard InChI is InChI=1S/C21H23ClN2S/c1-2-18-5-3-4-6-21(18)25-20(15-24-14-13-23-16-24)12-9-17-7-10-19(22)11-8-17/h3-8,10-11,13-14,16,20H,2,9,12,15H2,1H3. The molecule has 0 bridgehead atoms. The van der Waals surface area contributed by atoms with Crippen LogP contribution in [-0.4, -0.2) is 14.8 Å². The van der Waals surface area contributed by atoms with Gasteiger partial charge in [0.05, 0.1) is 6.33 Å². The van der Waals surface area contributed by atoms with Crippen molar-refractivity contribution in [3.05, 3.63) is 83.4 Å². The summed E-state index contributed by atoms with van der Waals surface area (Å²) in [6.45, 7) is 3.19. The molecule has 3 rings (SSSR count). The lowest BCUT2D eigenvalue weighted by Gasteiger charge is -2.19. The number of aryl methyl sites for hydroxylation is 2. The van der Waals surface area contributed by atoms with Crippen molar-refractivity contribution in [3.63, 3.8) is 0 Å². The van der Waals surface area contributed by atoms with E-state index in [-0.39, 0.29) is 0 Å². The largest absolute Gasteiger partial charge is 0.336 e. The summed E-state index contributed by atoms with van der Waals surface area (Å²) in [5, 5.41) is 1.29. The molecule has 25 heavy (non-hydrogen) atoms. The van der Waals surface area contributed by atoms with Gasteiger partial charge >= 0.3 is 0 Å². The van der Waals surface area contributed by atoms with Gasteiger partial charge in [-0.25, -0.2) is 4.98 Å². The van der Waals surface area contributed by atoms with Crippen molar-refractivity contribution >= 4 is 23.4 Å². The van der Waals surface area contributed by atoms with Gasteiger partial charge in [0.2, 0.25) is 0 Å². The molecular weight excluding hydrogens is 348 g/mol. The first-order valence-corrected chi connectivity index (χ1v) is 9.95. The number of nitrogens with zero attached hydrogens (tertiary/aromatic N) is 2. The van der Waals surface area contributed by atoms with Gasteiger partial charge in [-0.2, -0.15) is 0 Å². The zero-order valence-electron chi connectivity index (χ0n) is 14.4. The number of imidazole rings is 1. The zero-order valence-corrected chi connectivity index (χ0v) is 16.0. The molecule has 0 saturated carbocycles. The SMILES string of the molecule is CCc1ccccc1SC(CCc1ccc(Cl)cc1)Cn1ccnc1. The maximum atomic E-state index is 6.00. The molecule has 0 amide bonds. The van der Waals surface area contributed by atoms with E-state index in [1.54, 1.807) is 0 Å². The van der Waals surface area contributed by atoms with Crippen LogP contribution in [0.3, 0.4) is 0 Å². The van der Waals surface area contributed by atoms with Crippen LogP contribution in [0.25, 0.3) is 0 Å². The first-order chi connectivity index (χ1) is 12.2. The Morgan fingerprint density at radius 3 is 2.64 bits per heavy atom. The van der Waals surface area contributed by atoms with Crippen molar-refractivity contribution in [1.29, 1.82) is 0 Å². The number of benzene rings is 2. The number of hydrogen-bond acceptors (Lipinski definition) is 2. The van der Waals surface area contributed by atoms with E-state index in [2.05, 4.69) is 52.9 Å². The third-order valence-corrected chi connectivity index (χ3v) is 5.91. The van der Waals surface area contributed by atoms with Gasteiger partial charge in [-0.05, 0) is 48.6 Å². The summed E-state index contributed by atoms with van der Waals surface area (Å²) >= 11 is 7.98. The number of hydrogen-bond donors (Lipinski definition) is 0. The van der Waals surface area contributed by atoms with E-state index in [1.807, 2.05) is 42.6 Å². The Morgan fingerprint density at radius 2 is 1.92 bits per heavy atom. The molecule has 2 aromatic carbocycles. The fourth-order valence-corrected chi connectivity index (χ4v) is 4.37. The average Bonchev–Trinajstić information content (AvgIpc) is 3.14. The van der Waals surface area contributed by atoms with Crippen LogP contribution >= 0.6 is 23.4 Å². The summed E-state index contributed by atoms with van der Waals surface area (Å²) in [5.41, 5.74) is 2.76. The van der Waals surface area contributed by atoms with Crippen LogP contribution in [0.5, 0.6) is 0 Å². The minimum Gasteiger partial charge on any atom is -0.336 e. The molecular formula is C21H23ClN2S. The molecule has 3 aromatic rings. The monoisotopic (exact) mass is 370 g/mol. The molecule has 1 heterocycles. The molecule has 130 valence electrons. The molecule has 0 N–H and O–H groups in total. The maximum Gasteiger partial charge on any atom is 0.0946 e. The Kier molecular flexibility index (Phi) is 6.60. The Labute approximate surface area is 159 Å². The van der Waals surface area contributed by atoms with Crippen LogP contribution < -0.4 is 0 Å². The molecule has 0 aliphatic rings. The van der Waals surface area contributed by atoms with Gasteiger partial charge in [0, 0.05) is 34.1 Å². The summed E-state index contributed by atoms with van der Waals surface area (Å²) in [5.74, 6) is 0. The predicted molar refractivity (Wildman–Crippen MR) is 107 cm³/mol. The van der Waals surface area contributed by atoms with Crippen molar-refractivity contribution in [1.82, 2.24) is 9.55 Å². The van der Waals surface area contributed by atoms with Gasteiger partial charge in [0.15, 0.2) is 0 Å². The van der Waals surface area contributed by atoms with E-state index in [4.69, 9.17) is 11.6 Å². The van der Waals surface area contributed by atoms with Gasteiger partial charge < -0.3 is 4.57 Å². The second-order valence-corrected chi connectivity index (χ2v) is 7.90. The molecule has 1 aromatic heterocycles. The lowest BCUT2D eigenvalue weighted by Crippen LogP contribution is -2.13. The van der Waals surface area contributed by atoms with E-state index in [0.717, 1.165) is 30.8 Å². The second kappa shape index (κ2) is 9.12. The quantitative estimate of drug-likeness (QED) is 0.460. The third kappa shape index (κ3) is 5.38. The van der Waals surface area contributed by atoms with E-state index < -0.39 is 0 Å². The minimum atomic E-state index is 0.498. The first kappa shape index (κ1) is 18.1. The van der Waals surface area contributed by atoms with Crippen LogP contribution in [0.1, 0.15) is 24.5 Å². The van der Waals surface area contributed by atoms with Crippen molar-refractivity contribution < 1.29 is 0 Å². The van der Waals surface area contributed by atoms with Crippen LogP contribution in [0.15, 0.2) is 72.1 Å². The Bertz CT molecular complexity index is 769. The van der Waals surface area contributed by atoms with E-state index in [1.165, 1.54) is 16.0 Å². The summed E-state index contributed by atoms with van der Waals surface area (Å²) in [6.07, 6.45) is 9.03. The average molecular weight is 371 g/mol. The van der Waals surface area contributed by atoms with E-state index in [9.17, 15) is 0 Å². The normalized spacial score (nSPS) is 12.2. The fourth-order valence-electron chi connectivity index (χ4n) is 2.89. The predicted octanol–water partition coefficient (Wildman–Crippen LogP) is 5.89. The molecule has 0 fully saturated rings. The molecule has 0 radical (unpaired) electrons. The molecule has 0 saturated heterocycles. The van der Waals surface area contributed by atoms with Crippen LogP contribution in [-0.2, 0) is 19.4 Å². The zero-order chi connectivity index (χ0) is 17.5. The number of rotatable bonds is 8. The number of aromatic nitrogens is 2. The van der Waals surface area contributed by atoms with E-state index in [0.29, 0.717) is 5.25 Å². The molecule has 0 aliphatic heterocycles. The highest BCUT2D eigenvalue weighted by atomic mass is 35.5. The molecule has 1 unspecified atom stereocenters. The minimum absolute atomic E-state index is 0.498. The smallest absolute Gasteiger partial charge is 0.0946 e. The van der Waals surface area contributed by atoms with Crippen molar-refractivity contribution in [3.8, 4) is 0 Å². The summed E-state index contributed by atoms with van der Waals surface area (Å²) < 4.78 is 2.17. The number of thioether (sulfide) groups is 1. The molecule has 1 atom stereocenters. The van der Waals surface area contributed by atoms with Gasteiger partial charge in [0.1, 0.15) is 0 Å². The number of halogens is 1.